The van der Waals surface area contributed by atoms with Crippen LogP contribution in [0.4, 0.5) is 0 Å². The number of rotatable bonds is 0. The zero-order valence-corrected chi connectivity index (χ0v) is 11.8. The topological polar surface area (TPSA) is 17.0 Å². The van der Waals surface area contributed by atoms with Gasteiger partial charge in [0.25, 0.3) is 11.4 Å². The second kappa shape index (κ2) is 3.62. The molecule has 5 rings (SSSR count). The van der Waals surface area contributed by atoms with E-state index in [1.807, 2.05) is 45.7 Å². The summed E-state index contributed by atoms with van der Waals surface area (Å²) in [5, 5.41) is -1.07. The molecule has 3 nitrogen and oxygen atoms in total. The van der Waals surface area contributed by atoms with Crippen LogP contribution in [-0.4, -0.2) is 0 Å². The number of nitrogens with zero attached hydrogens (tertiary/aromatic N) is 2. The van der Waals surface area contributed by atoms with E-state index in [-0.39, 0.29) is 0 Å². The van der Waals surface area contributed by atoms with Crippen molar-refractivity contribution in [2.45, 2.75) is 5.31 Å². The third-order valence-corrected chi connectivity index (χ3v) is 4.52. The van der Waals surface area contributed by atoms with E-state index in [0.717, 1.165) is 28.4 Å². The minimum Gasteiger partial charge on any atom is -0.363 e. The Bertz CT molecular complexity index is 909. The third kappa shape index (κ3) is 1.25. The van der Waals surface area contributed by atoms with Crippen LogP contribution in [-0.2, 0) is 5.31 Å². The Kier molecular flexibility index (Phi) is 1.95. The number of alkyl halides is 1. The number of hydrogen-bond donors (Lipinski definition) is 0. The van der Waals surface area contributed by atoms with Gasteiger partial charge in [0.15, 0.2) is 6.20 Å². The van der Waals surface area contributed by atoms with Gasteiger partial charge >= 0.3 is 5.31 Å². The molecule has 0 fully saturated rings. The lowest BCUT2D eigenvalue weighted by Crippen LogP contribution is -2.71. The van der Waals surface area contributed by atoms with Gasteiger partial charge in [-0.15, -0.1) is 0 Å². The number of ether oxygens (including phenoxy) is 1. The van der Waals surface area contributed by atoms with Gasteiger partial charge in [-0.2, -0.15) is 0 Å². The molecule has 2 aliphatic rings. The number of para-hydroxylation sites is 1. The molecule has 1 atom stereocenters. The monoisotopic (exact) mass is 294 g/mol. The van der Waals surface area contributed by atoms with Gasteiger partial charge < -0.3 is 4.74 Å². The predicted molar refractivity (Wildman–Crippen MR) is 77.6 cm³/mol. The lowest BCUT2D eigenvalue weighted by atomic mass is 10.1. The van der Waals surface area contributed by atoms with E-state index in [9.17, 15) is 0 Å². The molecule has 0 aliphatic carbocycles. The fraction of sp³-hybridized carbons (Fsp3) is 0.0588. The van der Waals surface area contributed by atoms with Gasteiger partial charge in [0, 0.05) is 24.3 Å². The van der Waals surface area contributed by atoms with Crippen molar-refractivity contribution in [2.24, 2.45) is 0 Å². The number of fused-ring (bicyclic) bond motifs is 5. The van der Waals surface area contributed by atoms with Gasteiger partial charge in [0.1, 0.15) is 5.75 Å². The summed E-state index contributed by atoms with van der Waals surface area (Å²) >= 11 is 6.90. The van der Waals surface area contributed by atoms with Gasteiger partial charge in [-0.3, -0.25) is 0 Å². The quantitative estimate of drug-likeness (QED) is 0.460. The highest BCUT2D eigenvalue weighted by Gasteiger charge is 2.65. The lowest BCUT2D eigenvalue weighted by molar-refractivity contribution is -0.967. The molecule has 0 saturated heterocycles. The van der Waals surface area contributed by atoms with Crippen molar-refractivity contribution in [3.8, 4) is 28.4 Å². The fourth-order valence-electron chi connectivity index (χ4n) is 3.22. The average Bonchev–Trinajstić information content (AvgIpc) is 2.79. The molecule has 0 radical (unpaired) electrons. The summed E-state index contributed by atoms with van der Waals surface area (Å²) in [4.78, 5) is 0. The van der Waals surface area contributed by atoms with Crippen LogP contribution in [0.3, 0.4) is 0 Å². The van der Waals surface area contributed by atoms with Crippen LogP contribution < -0.4 is 13.9 Å². The molecular formula is C17H11ClN2O+2. The summed E-state index contributed by atoms with van der Waals surface area (Å²) in [6.07, 6.45) is 1.95. The third-order valence-electron chi connectivity index (χ3n) is 4.09. The molecule has 4 heteroatoms. The Hall–Kier alpha value is -2.39. The van der Waals surface area contributed by atoms with Crippen LogP contribution in [0.2, 0.25) is 0 Å². The van der Waals surface area contributed by atoms with Crippen molar-refractivity contribution < 1.29 is 13.9 Å². The SMILES string of the molecule is ClC12Oc3ccccc3-c3cccc([n+]31)-c1cccc[n+]12. The summed E-state index contributed by atoms with van der Waals surface area (Å²) in [7, 11) is 0. The first-order chi connectivity index (χ1) is 10.3. The number of aromatic nitrogens is 2. The molecule has 3 aromatic rings. The second-order valence-electron chi connectivity index (χ2n) is 5.21. The van der Waals surface area contributed by atoms with E-state index in [4.69, 9.17) is 16.3 Å². The molecule has 1 aromatic carbocycles. The highest BCUT2D eigenvalue weighted by molar-refractivity contribution is 6.19. The van der Waals surface area contributed by atoms with Crippen molar-refractivity contribution in [3.05, 3.63) is 66.9 Å². The number of pyridine rings is 2. The molecule has 4 heterocycles. The number of hydrogen-bond acceptors (Lipinski definition) is 1. The molecular weight excluding hydrogens is 284 g/mol. The Morgan fingerprint density at radius 2 is 1.57 bits per heavy atom. The highest BCUT2D eigenvalue weighted by Crippen LogP contribution is 2.40. The molecule has 0 spiro atoms. The summed E-state index contributed by atoms with van der Waals surface area (Å²) in [6.45, 7) is 0. The fourth-order valence-corrected chi connectivity index (χ4v) is 3.63. The summed E-state index contributed by atoms with van der Waals surface area (Å²) in [5.74, 6) is 0.800. The van der Waals surface area contributed by atoms with E-state index in [0.29, 0.717) is 0 Å². The average molecular weight is 295 g/mol. The van der Waals surface area contributed by atoms with E-state index in [1.165, 1.54) is 0 Å². The Balaban J connectivity index is 1.96. The first kappa shape index (κ1) is 11.3. The maximum atomic E-state index is 6.90. The number of halogens is 1. The van der Waals surface area contributed by atoms with Crippen molar-refractivity contribution in [1.29, 1.82) is 0 Å². The van der Waals surface area contributed by atoms with Crippen molar-refractivity contribution >= 4 is 11.6 Å². The normalized spacial score (nSPS) is 20.2. The van der Waals surface area contributed by atoms with Gasteiger partial charge in [-0.25, -0.2) is 0 Å². The largest absolute Gasteiger partial charge is 0.616 e. The summed E-state index contributed by atoms with van der Waals surface area (Å²) in [5.41, 5.74) is 4.22. The van der Waals surface area contributed by atoms with E-state index in [1.54, 1.807) is 0 Å². The maximum absolute atomic E-state index is 6.90. The van der Waals surface area contributed by atoms with Gasteiger partial charge in [-0.1, -0.05) is 21.3 Å². The number of benzene rings is 1. The van der Waals surface area contributed by atoms with E-state index >= 15 is 0 Å². The lowest BCUT2D eigenvalue weighted by Gasteiger charge is -2.21. The van der Waals surface area contributed by atoms with Crippen molar-refractivity contribution in [2.75, 3.05) is 0 Å². The summed E-state index contributed by atoms with van der Waals surface area (Å²) < 4.78 is 10.2. The molecule has 2 aromatic heterocycles. The Morgan fingerprint density at radius 1 is 0.810 bits per heavy atom. The smallest absolute Gasteiger partial charge is 0.363 e. The van der Waals surface area contributed by atoms with Crippen LogP contribution in [0.5, 0.6) is 5.75 Å². The summed E-state index contributed by atoms with van der Waals surface area (Å²) in [6, 6.07) is 20.2. The van der Waals surface area contributed by atoms with Gasteiger partial charge in [-0.05, 0) is 24.3 Å². The van der Waals surface area contributed by atoms with Crippen LogP contribution in [0, 0.1) is 0 Å². The zero-order valence-electron chi connectivity index (χ0n) is 11.0. The van der Waals surface area contributed by atoms with Crippen molar-refractivity contribution in [3.63, 3.8) is 0 Å². The maximum Gasteiger partial charge on any atom is 0.616 e. The van der Waals surface area contributed by atoms with E-state index < -0.39 is 5.31 Å². The molecule has 0 bridgehead atoms. The zero-order chi connectivity index (χ0) is 14.0. The highest BCUT2D eigenvalue weighted by atomic mass is 35.5. The Morgan fingerprint density at radius 3 is 2.52 bits per heavy atom. The van der Waals surface area contributed by atoms with Crippen LogP contribution in [0.15, 0.2) is 66.9 Å². The molecule has 0 saturated carbocycles. The minimum atomic E-state index is -1.07. The molecule has 2 aliphatic heterocycles. The first-order valence-electron chi connectivity index (χ1n) is 6.83. The van der Waals surface area contributed by atoms with E-state index in [2.05, 4.69) is 30.3 Å². The van der Waals surface area contributed by atoms with Gasteiger partial charge in [0.2, 0.25) is 5.69 Å². The molecule has 21 heavy (non-hydrogen) atoms. The van der Waals surface area contributed by atoms with Crippen LogP contribution in [0.25, 0.3) is 22.6 Å². The standard InChI is InChI=1S/C17H11ClN2O/c18-17-19-11-4-3-7-14(19)15-9-5-8-13(20(15)17)12-6-1-2-10-16(12)21-17/h1-11H/q+2. The van der Waals surface area contributed by atoms with Gasteiger partial charge in [0.05, 0.1) is 17.2 Å². The molecule has 0 N–H and O–H groups in total. The molecule has 100 valence electrons. The second-order valence-corrected chi connectivity index (χ2v) is 5.71. The van der Waals surface area contributed by atoms with Crippen molar-refractivity contribution in [1.82, 2.24) is 0 Å². The molecule has 1 unspecified atom stereocenters. The minimum absolute atomic E-state index is 0.800. The predicted octanol–water partition coefficient (Wildman–Crippen LogP) is 2.66. The molecule has 0 amide bonds. The first-order valence-corrected chi connectivity index (χ1v) is 7.21. The van der Waals surface area contributed by atoms with Crippen LogP contribution >= 0.6 is 11.6 Å². The Labute approximate surface area is 126 Å². The van der Waals surface area contributed by atoms with Crippen LogP contribution in [0.1, 0.15) is 0 Å².